The molecule has 1 fully saturated rings. The minimum absolute atomic E-state index is 0.405. The van der Waals surface area contributed by atoms with Gasteiger partial charge in [-0.05, 0) is 43.2 Å². The van der Waals surface area contributed by atoms with Crippen LogP contribution in [0.15, 0.2) is 30.3 Å². The van der Waals surface area contributed by atoms with Crippen LogP contribution in [0.1, 0.15) is 12.8 Å². The quantitative estimate of drug-likeness (QED) is 0.813. The second-order valence-electron chi connectivity index (χ2n) is 4.82. The first-order valence-electron chi connectivity index (χ1n) is 6.20. The van der Waals surface area contributed by atoms with E-state index < -0.39 is 0 Å². The lowest BCUT2D eigenvalue weighted by atomic mass is 9.89. The van der Waals surface area contributed by atoms with Gasteiger partial charge in [-0.15, -0.1) is 0 Å². The van der Waals surface area contributed by atoms with Crippen molar-refractivity contribution in [3.05, 3.63) is 30.3 Å². The Morgan fingerprint density at radius 2 is 2.11 bits per heavy atom. The zero-order valence-electron chi connectivity index (χ0n) is 10.4. The van der Waals surface area contributed by atoms with Gasteiger partial charge in [0.15, 0.2) is 0 Å². The molecule has 1 saturated carbocycles. The number of pyridine rings is 1. The second-order valence-corrected chi connectivity index (χ2v) is 4.82. The maximum atomic E-state index is 5.75. The van der Waals surface area contributed by atoms with Crippen LogP contribution < -0.4 is 11.1 Å². The summed E-state index contributed by atoms with van der Waals surface area (Å²) in [6, 6.07) is 10.3. The molecule has 2 aromatic rings. The Morgan fingerprint density at radius 3 is 2.89 bits per heavy atom. The van der Waals surface area contributed by atoms with E-state index in [9.17, 15) is 0 Å². The molecule has 0 radical (unpaired) electrons. The number of methoxy groups -OCH3 is 1. The minimum Gasteiger partial charge on any atom is -0.399 e. The second kappa shape index (κ2) is 4.46. The molecule has 1 aromatic heterocycles. The Morgan fingerprint density at radius 1 is 1.28 bits per heavy atom. The number of benzene rings is 1. The fourth-order valence-electron chi connectivity index (χ4n) is 2.31. The molecule has 0 amide bonds. The van der Waals surface area contributed by atoms with Gasteiger partial charge in [0.25, 0.3) is 0 Å². The molecule has 0 atom stereocenters. The largest absolute Gasteiger partial charge is 0.399 e. The maximum Gasteiger partial charge on any atom is 0.126 e. The lowest BCUT2D eigenvalue weighted by molar-refractivity contribution is 0.0328. The highest BCUT2D eigenvalue weighted by atomic mass is 16.5. The van der Waals surface area contributed by atoms with Crippen LogP contribution in [0, 0.1) is 0 Å². The lowest BCUT2D eigenvalue weighted by Crippen LogP contribution is -2.40. The molecule has 3 N–H and O–H groups in total. The molecule has 0 saturated heterocycles. The Balaban J connectivity index is 1.75. The van der Waals surface area contributed by atoms with Crippen molar-refractivity contribution in [1.82, 2.24) is 4.98 Å². The lowest BCUT2D eigenvalue weighted by Gasteiger charge is -2.34. The highest BCUT2D eigenvalue weighted by Gasteiger charge is 2.28. The summed E-state index contributed by atoms with van der Waals surface area (Å²) in [5, 5.41) is 4.50. The van der Waals surface area contributed by atoms with Gasteiger partial charge in [-0.2, -0.15) is 0 Å². The fourth-order valence-corrected chi connectivity index (χ4v) is 2.31. The molecular formula is C14H17N3O. The third-order valence-electron chi connectivity index (χ3n) is 3.49. The van der Waals surface area contributed by atoms with Crippen LogP contribution in [0.25, 0.3) is 10.9 Å². The van der Waals surface area contributed by atoms with Crippen molar-refractivity contribution in [3.63, 3.8) is 0 Å². The third kappa shape index (κ3) is 2.11. The molecule has 1 aliphatic rings. The van der Waals surface area contributed by atoms with Crippen LogP contribution in [-0.2, 0) is 4.74 Å². The van der Waals surface area contributed by atoms with Crippen LogP contribution in [0.5, 0.6) is 0 Å². The summed E-state index contributed by atoms with van der Waals surface area (Å²) in [5.74, 6) is 0.923. The number of nitrogens with two attached hydrogens (primary N) is 1. The number of aromatic nitrogens is 1. The SMILES string of the molecule is COC1CC(Nc2ccc3cc(N)ccc3n2)C1. The molecule has 0 aliphatic heterocycles. The molecule has 94 valence electrons. The van der Waals surface area contributed by atoms with Gasteiger partial charge in [0.2, 0.25) is 0 Å². The molecule has 3 rings (SSSR count). The summed E-state index contributed by atoms with van der Waals surface area (Å²) >= 11 is 0. The number of hydrogen-bond donors (Lipinski definition) is 2. The van der Waals surface area contributed by atoms with Crippen molar-refractivity contribution >= 4 is 22.4 Å². The number of ether oxygens (including phenoxy) is 1. The number of fused-ring (bicyclic) bond motifs is 1. The Labute approximate surface area is 106 Å². The topological polar surface area (TPSA) is 60.2 Å². The first-order chi connectivity index (χ1) is 8.74. The third-order valence-corrected chi connectivity index (χ3v) is 3.49. The predicted octanol–water partition coefficient (Wildman–Crippen LogP) is 2.41. The van der Waals surface area contributed by atoms with Gasteiger partial charge in [-0.1, -0.05) is 0 Å². The van der Waals surface area contributed by atoms with E-state index in [1.165, 1.54) is 0 Å². The fraction of sp³-hybridized carbons (Fsp3) is 0.357. The predicted molar refractivity (Wildman–Crippen MR) is 73.6 cm³/mol. The van der Waals surface area contributed by atoms with E-state index in [-0.39, 0.29) is 0 Å². The number of nitrogen functional groups attached to an aromatic ring is 1. The van der Waals surface area contributed by atoms with E-state index in [1.54, 1.807) is 7.11 Å². The Kier molecular flexibility index (Phi) is 2.80. The van der Waals surface area contributed by atoms with Crippen LogP contribution in [0.2, 0.25) is 0 Å². The molecule has 1 heterocycles. The highest BCUT2D eigenvalue weighted by Crippen LogP contribution is 2.26. The van der Waals surface area contributed by atoms with Gasteiger partial charge in [-0.25, -0.2) is 4.98 Å². The van der Waals surface area contributed by atoms with Crippen LogP contribution in [0.4, 0.5) is 11.5 Å². The molecule has 18 heavy (non-hydrogen) atoms. The average molecular weight is 243 g/mol. The molecule has 1 aromatic carbocycles. The summed E-state index contributed by atoms with van der Waals surface area (Å²) in [5.41, 5.74) is 7.49. The molecule has 0 bridgehead atoms. The Hall–Kier alpha value is -1.81. The summed E-state index contributed by atoms with van der Waals surface area (Å²) in [7, 11) is 1.76. The summed E-state index contributed by atoms with van der Waals surface area (Å²) in [6.45, 7) is 0. The number of hydrogen-bond acceptors (Lipinski definition) is 4. The number of anilines is 2. The van der Waals surface area contributed by atoms with E-state index in [0.29, 0.717) is 12.1 Å². The highest BCUT2D eigenvalue weighted by molar-refractivity contribution is 5.83. The van der Waals surface area contributed by atoms with Crippen molar-refractivity contribution < 1.29 is 4.74 Å². The van der Waals surface area contributed by atoms with Crippen molar-refractivity contribution in [2.24, 2.45) is 0 Å². The van der Waals surface area contributed by atoms with Gasteiger partial charge in [-0.3, -0.25) is 0 Å². The summed E-state index contributed by atoms with van der Waals surface area (Å²) < 4.78 is 5.26. The van der Waals surface area contributed by atoms with Crippen molar-refractivity contribution in [1.29, 1.82) is 0 Å². The van der Waals surface area contributed by atoms with E-state index in [1.807, 2.05) is 30.3 Å². The van der Waals surface area contributed by atoms with Gasteiger partial charge in [0.1, 0.15) is 5.82 Å². The smallest absolute Gasteiger partial charge is 0.126 e. The Bertz CT molecular complexity index is 564. The minimum atomic E-state index is 0.405. The van der Waals surface area contributed by atoms with E-state index in [2.05, 4.69) is 10.3 Å². The number of nitrogens with one attached hydrogen (secondary N) is 1. The molecule has 1 aliphatic carbocycles. The molecule has 0 spiro atoms. The van der Waals surface area contributed by atoms with Gasteiger partial charge in [0, 0.05) is 24.2 Å². The standard InChI is InChI=1S/C14H17N3O/c1-18-12-7-11(8-12)16-14-5-2-9-6-10(15)3-4-13(9)17-14/h2-6,11-12H,7-8,15H2,1H3,(H,16,17). The first-order valence-corrected chi connectivity index (χ1v) is 6.20. The van der Waals surface area contributed by atoms with Crippen molar-refractivity contribution in [2.45, 2.75) is 25.0 Å². The maximum absolute atomic E-state index is 5.75. The van der Waals surface area contributed by atoms with E-state index in [4.69, 9.17) is 10.5 Å². The molecule has 4 nitrogen and oxygen atoms in total. The zero-order valence-corrected chi connectivity index (χ0v) is 10.4. The van der Waals surface area contributed by atoms with Crippen molar-refractivity contribution in [2.75, 3.05) is 18.2 Å². The van der Waals surface area contributed by atoms with Gasteiger partial charge in [0.05, 0.1) is 11.6 Å². The number of nitrogens with zero attached hydrogens (tertiary/aromatic N) is 1. The molecular weight excluding hydrogens is 226 g/mol. The van der Waals surface area contributed by atoms with Crippen LogP contribution >= 0.6 is 0 Å². The van der Waals surface area contributed by atoms with E-state index >= 15 is 0 Å². The molecule has 0 unspecified atom stereocenters. The van der Waals surface area contributed by atoms with Crippen LogP contribution in [0.3, 0.4) is 0 Å². The monoisotopic (exact) mass is 243 g/mol. The normalized spacial score (nSPS) is 22.7. The van der Waals surface area contributed by atoms with Gasteiger partial charge >= 0.3 is 0 Å². The van der Waals surface area contributed by atoms with Crippen LogP contribution in [-0.4, -0.2) is 24.2 Å². The average Bonchev–Trinajstić information content (AvgIpc) is 2.33. The van der Waals surface area contributed by atoms with Crippen molar-refractivity contribution in [3.8, 4) is 0 Å². The summed E-state index contributed by atoms with van der Waals surface area (Å²) in [4.78, 5) is 4.58. The summed E-state index contributed by atoms with van der Waals surface area (Å²) in [6.07, 6.45) is 2.51. The van der Waals surface area contributed by atoms with Gasteiger partial charge < -0.3 is 15.8 Å². The molecule has 4 heteroatoms. The first kappa shape index (κ1) is 11.3. The van der Waals surface area contributed by atoms with E-state index in [0.717, 1.165) is 35.2 Å². The zero-order chi connectivity index (χ0) is 12.5. The number of rotatable bonds is 3.